The molecular weight excluding hydrogens is 1480 g/mol. The number of hydrogen-bond acceptors (Lipinski definition) is 6. The predicted octanol–water partition coefficient (Wildman–Crippen LogP) is 28.4. The van der Waals surface area contributed by atoms with Crippen LogP contribution in [0.1, 0.15) is 0 Å². The smallest absolute Gasteiger partial charge is 0.0970 e. The molecule has 0 aliphatic heterocycles. The summed E-state index contributed by atoms with van der Waals surface area (Å²) in [5.41, 5.74) is 34.1. The van der Waals surface area contributed by atoms with E-state index in [0.717, 1.165) is 98.8 Å². The van der Waals surface area contributed by atoms with Gasteiger partial charge in [-0.05, 0) is 170 Å². The monoisotopic (exact) mass is 1550 g/mol. The maximum atomic E-state index is 4.79. The molecule has 15 aromatic carbocycles. The quantitative estimate of drug-likeness (QED) is 0.0896. The maximum absolute atomic E-state index is 4.79. The molecule has 6 aromatic heterocycles. The molecule has 0 radical (unpaired) electrons. The third-order valence-electron chi connectivity index (χ3n) is 21.7. The summed E-state index contributed by atoms with van der Waals surface area (Å²) >= 11 is 0. The van der Waals surface area contributed by atoms with E-state index >= 15 is 0 Å². The van der Waals surface area contributed by atoms with Crippen molar-refractivity contribution in [2.75, 3.05) is 0 Å². The second-order valence-electron chi connectivity index (χ2n) is 28.4. The molecule has 21 aromatic rings. The van der Waals surface area contributed by atoms with E-state index in [4.69, 9.17) is 29.9 Å². The average Bonchev–Trinajstić information content (AvgIpc) is 0.766. The molecule has 0 aliphatic rings. The molecule has 0 amide bonds. The average molecular weight is 1550 g/mol. The Morgan fingerprint density at radius 1 is 0.104 bits per heavy atom. The van der Waals surface area contributed by atoms with E-state index in [9.17, 15) is 0 Å². The second-order valence-corrected chi connectivity index (χ2v) is 28.4. The number of aromatic nitrogens is 6. The fraction of sp³-hybridized carbons (Fsp3) is 0. The first kappa shape index (κ1) is 72.0. The van der Waals surface area contributed by atoms with Crippen molar-refractivity contribution in [3.8, 4) is 134 Å². The zero-order chi connectivity index (χ0) is 75.9. The van der Waals surface area contributed by atoms with Gasteiger partial charge in [-0.2, -0.15) is 0 Å². The molecule has 0 saturated heterocycles. The SMILES string of the molecule is [Ru].c1ccc(-c2ccc(-c3ccnc4c3ccc3c(-c5ccc(-c6ccccc6)cc5)ccnc34)cc2)cc1.c1ccc(-c2ccc(-c3ccnc4c3ccc3c(-c5ccc(-c6ccccc6)cc5)ccnc34)cc2)cc1.c1ccc(-c2ccc(-c3ccnc4c3ccc3c(-c5ccc(-c6ccccc6)cc5)ccnc34)cc2)cc1. The Morgan fingerprint density at radius 2 is 0.217 bits per heavy atom. The van der Waals surface area contributed by atoms with E-state index in [1.165, 1.54) is 100 Å². The van der Waals surface area contributed by atoms with Gasteiger partial charge in [-0.1, -0.05) is 364 Å². The number of rotatable bonds is 12. The Labute approximate surface area is 681 Å². The van der Waals surface area contributed by atoms with Crippen molar-refractivity contribution >= 4 is 65.4 Å². The van der Waals surface area contributed by atoms with Crippen LogP contribution in [0.15, 0.2) is 438 Å². The Bertz CT molecular complexity index is 5880. The van der Waals surface area contributed by atoms with Gasteiger partial charge in [0, 0.05) is 89.0 Å². The van der Waals surface area contributed by atoms with Gasteiger partial charge in [0.15, 0.2) is 0 Å². The summed E-state index contributed by atoms with van der Waals surface area (Å²) in [5, 5.41) is 6.65. The zero-order valence-corrected chi connectivity index (χ0v) is 64.3. The molecule has 0 spiro atoms. The van der Waals surface area contributed by atoms with Crippen molar-refractivity contribution in [2.45, 2.75) is 0 Å². The molecule has 0 N–H and O–H groups in total. The first-order chi connectivity index (χ1) is 56.5. The summed E-state index contributed by atoms with van der Waals surface area (Å²) in [6, 6.07) is 141. The van der Waals surface area contributed by atoms with Crippen molar-refractivity contribution in [1.29, 1.82) is 0 Å². The molecular formula is C108H72N6Ru. The topological polar surface area (TPSA) is 77.3 Å². The summed E-state index contributed by atoms with van der Waals surface area (Å²) < 4.78 is 0. The molecule has 0 unspecified atom stereocenters. The first-order valence-corrected chi connectivity index (χ1v) is 38.5. The van der Waals surface area contributed by atoms with Gasteiger partial charge in [-0.15, -0.1) is 0 Å². The molecule has 0 atom stereocenters. The van der Waals surface area contributed by atoms with Crippen molar-refractivity contribution in [3.05, 3.63) is 438 Å². The minimum absolute atomic E-state index is 0. The predicted molar refractivity (Wildman–Crippen MR) is 476 cm³/mol. The second kappa shape index (κ2) is 32.8. The number of pyridine rings is 6. The van der Waals surface area contributed by atoms with Crippen molar-refractivity contribution in [3.63, 3.8) is 0 Å². The summed E-state index contributed by atoms with van der Waals surface area (Å²) in [6.07, 6.45) is 11.4. The van der Waals surface area contributed by atoms with Gasteiger partial charge in [-0.3, -0.25) is 29.9 Å². The van der Waals surface area contributed by atoms with Gasteiger partial charge >= 0.3 is 0 Å². The van der Waals surface area contributed by atoms with Crippen LogP contribution in [-0.2, 0) is 19.5 Å². The molecule has 0 aliphatic carbocycles. The summed E-state index contributed by atoms with van der Waals surface area (Å²) in [5.74, 6) is 0. The number of hydrogen-bond donors (Lipinski definition) is 0. The fourth-order valence-electron chi connectivity index (χ4n) is 15.8. The van der Waals surface area contributed by atoms with Crippen LogP contribution < -0.4 is 0 Å². The summed E-state index contributed by atoms with van der Waals surface area (Å²) in [7, 11) is 0. The third kappa shape index (κ3) is 14.8. The Kier molecular flexibility index (Phi) is 20.5. The Hall–Kier alpha value is -14.6. The molecule has 0 fully saturated rings. The molecule has 6 nitrogen and oxygen atoms in total. The number of nitrogens with zero attached hydrogens (tertiary/aromatic N) is 6. The van der Waals surface area contributed by atoms with Gasteiger partial charge < -0.3 is 0 Å². The van der Waals surface area contributed by atoms with E-state index < -0.39 is 0 Å². The standard InChI is InChI=1S/3C36H24N2.Ru/c3*1-3-7-25(8-4-1)27-11-15-29(16-12-27)31-21-23-37-35-33(31)19-20-34-32(22-24-38-36(34)35)30-17-13-28(14-18-30)26-9-5-2-6-10-26;/h3*1-24H;. The van der Waals surface area contributed by atoms with Crippen LogP contribution >= 0.6 is 0 Å². The van der Waals surface area contributed by atoms with E-state index in [2.05, 4.69) is 364 Å². The minimum Gasteiger partial charge on any atom is -0.254 e. The van der Waals surface area contributed by atoms with Crippen LogP contribution in [0.2, 0.25) is 0 Å². The summed E-state index contributed by atoms with van der Waals surface area (Å²) in [4.78, 5) is 28.7. The van der Waals surface area contributed by atoms with Gasteiger partial charge in [0.05, 0.1) is 33.1 Å². The van der Waals surface area contributed by atoms with Crippen LogP contribution in [0.3, 0.4) is 0 Å². The fourth-order valence-corrected chi connectivity index (χ4v) is 15.8. The normalized spacial score (nSPS) is 11.1. The van der Waals surface area contributed by atoms with E-state index in [1.54, 1.807) is 0 Å². The first-order valence-electron chi connectivity index (χ1n) is 38.5. The van der Waals surface area contributed by atoms with Crippen molar-refractivity contribution in [2.24, 2.45) is 0 Å². The van der Waals surface area contributed by atoms with Crippen LogP contribution in [0.25, 0.3) is 199 Å². The third-order valence-corrected chi connectivity index (χ3v) is 21.7. The molecule has 0 bridgehead atoms. The van der Waals surface area contributed by atoms with Crippen LogP contribution in [-0.4, -0.2) is 29.9 Å². The largest absolute Gasteiger partial charge is 0.254 e. The Morgan fingerprint density at radius 3 is 0.348 bits per heavy atom. The van der Waals surface area contributed by atoms with E-state index in [-0.39, 0.29) is 19.5 Å². The number of fused-ring (bicyclic) bond motifs is 9. The van der Waals surface area contributed by atoms with Gasteiger partial charge in [0.25, 0.3) is 0 Å². The zero-order valence-electron chi connectivity index (χ0n) is 62.6. The van der Waals surface area contributed by atoms with Crippen molar-refractivity contribution in [1.82, 2.24) is 29.9 Å². The van der Waals surface area contributed by atoms with Gasteiger partial charge in [0.1, 0.15) is 0 Å². The molecule has 7 heteroatoms. The van der Waals surface area contributed by atoms with Crippen LogP contribution in [0.4, 0.5) is 0 Å². The molecule has 6 heterocycles. The Balaban J connectivity index is 0.000000119. The van der Waals surface area contributed by atoms with Gasteiger partial charge in [0.2, 0.25) is 0 Å². The maximum Gasteiger partial charge on any atom is 0.0970 e. The molecule has 21 rings (SSSR count). The van der Waals surface area contributed by atoms with Crippen LogP contribution in [0.5, 0.6) is 0 Å². The minimum atomic E-state index is 0. The van der Waals surface area contributed by atoms with E-state index in [1.807, 2.05) is 73.6 Å². The molecule has 115 heavy (non-hydrogen) atoms. The van der Waals surface area contributed by atoms with Crippen molar-refractivity contribution < 1.29 is 19.5 Å². The molecule has 542 valence electrons. The van der Waals surface area contributed by atoms with Gasteiger partial charge in [-0.25, -0.2) is 0 Å². The number of benzene rings is 15. The van der Waals surface area contributed by atoms with E-state index in [0.29, 0.717) is 0 Å². The molecule has 0 saturated carbocycles. The van der Waals surface area contributed by atoms with Crippen LogP contribution in [0, 0.1) is 0 Å². The summed E-state index contributed by atoms with van der Waals surface area (Å²) in [6.45, 7) is 0.